The Kier molecular flexibility index (Phi) is 7.40. The van der Waals surface area contributed by atoms with Gasteiger partial charge >= 0.3 is 11.5 Å². The number of hydrogen-bond acceptors (Lipinski definition) is 4. The third-order valence-electron chi connectivity index (χ3n) is 4.97. The van der Waals surface area contributed by atoms with Gasteiger partial charge in [0.15, 0.2) is 0 Å². The highest BCUT2D eigenvalue weighted by molar-refractivity contribution is 5.78. The normalized spacial score (nSPS) is 11.0. The van der Waals surface area contributed by atoms with Crippen LogP contribution >= 0.6 is 0 Å². The molecule has 0 radical (unpaired) electrons. The Morgan fingerprint density at radius 3 is 1.56 bits per heavy atom. The fourth-order valence-electron chi connectivity index (χ4n) is 3.34. The lowest BCUT2D eigenvalue weighted by Crippen LogP contribution is -2.68. The highest BCUT2D eigenvalue weighted by Gasteiger charge is 2.24. The first-order valence-corrected chi connectivity index (χ1v) is 11.1. The van der Waals surface area contributed by atoms with Gasteiger partial charge in [-0.05, 0) is 50.6 Å². The minimum Gasteiger partial charge on any atom is -0.222 e. The average molecular weight is 451 g/mol. The third kappa shape index (κ3) is 6.47. The van der Waals surface area contributed by atoms with E-state index in [9.17, 15) is 0 Å². The molecule has 0 bridgehead atoms. The Morgan fingerprint density at radius 2 is 1.06 bits per heavy atom. The van der Waals surface area contributed by atoms with Gasteiger partial charge in [0, 0.05) is 5.56 Å². The molecular weight excluding hydrogens is 428 g/mol. The van der Waals surface area contributed by atoms with Crippen molar-refractivity contribution in [3.63, 3.8) is 0 Å². The van der Waals surface area contributed by atoms with E-state index in [1.807, 2.05) is 6.07 Å². The van der Waals surface area contributed by atoms with Gasteiger partial charge in [0.05, 0.1) is 22.8 Å². The standard InChI is InChI=1S/C26H23O.ClHO4/c1-18-9-13-22(14-10-18)25-17-24(21-7-5-4-6-8-21)20(3)26(27-25)23-15-11-19(2)12-16-23;2-1(3,4)5/h4-17H,1-3H3;(H,2,3,4,5)/q+1;/p-1. The van der Waals surface area contributed by atoms with Crippen LogP contribution in [0.25, 0.3) is 33.8 Å². The van der Waals surface area contributed by atoms with Gasteiger partial charge in [-0.1, -0.05) is 65.7 Å². The molecule has 0 atom stereocenters. The molecule has 164 valence electrons. The zero-order chi connectivity index (χ0) is 23.3. The first-order valence-electron chi connectivity index (χ1n) is 9.91. The molecule has 32 heavy (non-hydrogen) atoms. The van der Waals surface area contributed by atoms with Crippen LogP contribution in [-0.4, -0.2) is 0 Å². The molecule has 0 spiro atoms. The summed E-state index contributed by atoms with van der Waals surface area (Å²) in [6, 6.07) is 29.7. The van der Waals surface area contributed by atoms with Crippen LogP contribution < -0.4 is 18.6 Å². The molecule has 0 saturated carbocycles. The van der Waals surface area contributed by atoms with Gasteiger partial charge in [-0.2, -0.15) is 0 Å². The molecule has 6 heteroatoms. The van der Waals surface area contributed by atoms with Crippen molar-refractivity contribution in [2.75, 3.05) is 0 Å². The molecule has 4 rings (SSSR count). The van der Waals surface area contributed by atoms with Gasteiger partial charge in [0.1, 0.15) is 0 Å². The van der Waals surface area contributed by atoms with Crippen molar-refractivity contribution in [2.24, 2.45) is 0 Å². The van der Waals surface area contributed by atoms with E-state index in [0.29, 0.717) is 0 Å². The summed E-state index contributed by atoms with van der Waals surface area (Å²) in [5.41, 5.74) is 8.24. The summed E-state index contributed by atoms with van der Waals surface area (Å²) in [5.74, 6) is 1.81. The minimum absolute atomic E-state index is 0.884. The van der Waals surface area contributed by atoms with Crippen LogP contribution in [0.2, 0.25) is 0 Å². The maximum absolute atomic E-state index is 8.49. The van der Waals surface area contributed by atoms with E-state index in [1.54, 1.807) is 0 Å². The molecule has 0 amide bonds. The summed E-state index contributed by atoms with van der Waals surface area (Å²) >= 11 is 0. The second kappa shape index (κ2) is 10.0. The van der Waals surface area contributed by atoms with Crippen molar-refractivity contribution in [1.82, 2.24) is 0 Å². The zero-order valence-electron chi connectivity index (χ0n) is 18.0. The zero-order valence-corrected chi connectivity index (χ0v) is 18.8. The largest absolute Gasteiger partial charge is 0.364 e. The first-order chi connectivity index (χ1) is 15.1. The number of benzene rings is 3. The van der Waals surface area contributed by atoms with E-state index in [2.05, 4.69) is 99.6 Å². The Morgan fingerprint density at radius 1 is 0.594 bits per heavy atom. The molecule has 0 aliphatic rings. The van der Waals surface area contributed by atoms with Gasteiger partial charge < -0.3 is 0 Å². The fraction of sp³-hybridized carbons (Fsp3) is 0.115. The van der Waals surface area contributed by atoms with Crippen LogP contribution in [0.4, 0.5) is 0 Å². The van der Waals surface area contributed by atoms with Crippen LogP contribution in [0.5, 0.6) is 0 Å². The lowest BCUT2D eigenvalue weighted by Gasteiger charge is -2.17. The molecule has 0 aliphatic carbocycles. The fourth-order valence-corrected chi connectivity index (χ4v) is 3.34. The number of aryl methyl sites for hydroxylation is 2. The van der Waals surface area contributed by atoms with Gasteiger partial charge in [-0.25, -0.2) is 23.1 Å². The summed E-state index contributed by atoms with van der Waals surface area (Å²) in [6.45, 7) is 6.34. The first kappa shape index (κ1) is 23.6. The third-order valence-corrected chi connectivity index (χ3v) is 4.97. The van der Waals surface area contributed by atoms with Gasteiger partial charge in [-0.15, -0.1) is 10.2 Å². The van der Waals surface area contributed by atoms with Crippen molar-refractivity contribution in [3.05, 3.63) is 102 Å². The second-order valence-electron chi connectivity index (χ2n) is 7.45. The van der Waals surface area contributed by atoms with Crippen molar-refractivity contribution >= 4 is 0 Å². The number of halogens is 1. The summed E-state index contributed by atoms with van der Waals surface area (Å²) < 4.78 is 40.4. The molecule has 5 nitrogen and oxygen atoms in total. The van der Waals surface area contributed by atoms with Gasteiger partial charge in [0.25, 0.3) is 0 Å². The SMILES string of the molecule is Cc1ccc(-c2cc(-c3ccccc3)c(C)c(-c3ccc(C)cc3)[o+]2)cc1.[O-][Cl+3]([O-])([O-])[O-]. The monoisotopic (exact) mass is 450 g/mol. The van der Waals surface area contributed by atoms with Crippen molar-refractivity contribution in [2.45, 2.75) is 20.8 Å². The van der Waals surface area contributed by atoms with Crippen LogP contribution in [0, 0.1) is 31.0 Å². The van der Waals surface area contributed by atoms with Crippen LogP contribution in [0.15, 0.2) is 89.3 Å². The topological polar surface area (TPSA) is 104 Å². The minimum atomic E-state index is -4.94. The Hall–Kier alpha value is -3.06. The molecule has 0 unspecified atom stereocenters. The average Bonchev–Trinajstić information content (AvgIpc) is 2.75. The van der Waals surface area contributed by atoms with Crippen molar-refractivity contribution in [3.8, 4) is 33.8 Å². The lowest BCUT2D eigenvalue weighted by molar-refractivity contribution is -2.00. The quantitative estimate of drug-likeness (QED) is 0.446. The lowest BCUT2D eigenvalue weighted by atomic mass is 9.96. The molecule has 0 aliphatic heterocycles. The Balaban J connectivity index is 0.000000523. The highest BCUT2D eigenvalue weighted by atomic mass is 35.7. The Bertz CT molecular complexity index is 1160. The number of hydrogen-bond donors (Lipinski definition) is 0. The molecule has 4 aromatic rings. The van der Waals surface area contributed by atoms with Gasteiger partial charge in [-0.3, -0.25) is 0 Å². The van der Waals surface area contributed by atoms with E-state index in [0.717, 1.165) is 28.2 Å². The van der Waals surface area contributed by atoms with E-state index in [1.165, 1.54) is 22.3 Å². The van der Waals surface area contributed by atoms with E-state index in [-0.39, 0.29) is 0 Å². The number of rotatable bonds is 3. The van der Waals surface area contributed by atoms with Gasteiger partial charge in [0.2, 0.25) is 0 Å². The predicted octanol–water partition coefficient (Wildman–Crippen LogP) is 2.73. The van der Waals surface area contributed by atoms with Crippen LogP contribution in [0.1, 0.15) is 16.7 Å². The molecule has 1 aromatic heterocycles. The molecular formula is C26H23ClO5. The van der Waals surface area contributed by atoms with E-state index < -0.39 is 10.2 Å². The van der Waals surface area contributed by atoms with Crippen molar-refractivity contribution < 1.29 is 33.3 Å². The van der Waals surface area contributed by atoms with E-state index in [4.69, 9.17) is 23.1 Å². The summed E-state index contributed by atoms with van der Waals surface area (Å²) in [5, 5.41) is 0. The highest BCUT2D eigenvalue weighted by Crippen LogP contribution is 2.36. The summed E-state index contributed by atoms with van der Waals surface area (Å²) in [7, 11) is -4.94. The predicted molar refractivity (Wildman–Crippen MR) is 114 cm³/mol. The van der Waals surface area contributed by atoms with Crippen LogP contribution in [0.3, 0.4) is 0 Å². The molecule has 0 fully saturated rings. The maximum atomic E-state index is 8.49. The van der Waals surface area contributed by atoms with Crippen LogP contribution in [-0.2, 0) is 0 Å². The maximum Gasteiger partial charge on any atom is 0.364 e. The summed E-state index contributed by atoms with van der Waals surface area (Å²) in [4.78, 5) is 0. The molecule has 1 heterocycles. The summed E-state index contributed by atoms with van der Waals surface area (Å²) in [6.07, 6.45) is 0. The van der Waals surface area contributed by atoms with E-state index >= 15 is 0 Å². The molecule has 0 saturated heterocycles. The molecule has 3 aromatic carbocycles. The second-order valence-corrected chi connectivity index (χ2v) is 8.21. The van der Waals surface area contributed by atoms with Crippen molar-refractivity contribution in [1.29, 1.82) is 0 Å². The smallest absolute Gasteiger partial charge is 0.222 e. The Labute approximate surface area is 189 Å². The molecule has 0 N–H and O–H groups in total.